The highest BCUT2D eigenvalue weighted by Gasteiger charge is 2.36. The zero-order valence-corrected chi connectivity index (χ0v) is 20.1. The average Bonchev–Trinajstić information content (AvgIpc) is 3.17. The second-order valence-electron chi connectivity index (χ2n) is 8.95. The van der Waals surface area contributed by atoms with Crippen molar-refractivity contribution in [3.8, 4) is 16.9 Å². The summed E-state index contributed by atoms with van der Waals surface area (Å²) in [4.78, 5) is 25.8. The summed E-state index contributed by atoms with van der Waals surface area (Å²) in [6.45, 7) is 0.960. The number of halogens is 2. The Morgan fingerprint density at radius 2 is 1.67 bits per heavy atom. The van der Waals surface area contributed by atoms with Crippen LogP contribution in [0, 0.1) is 5.92 Å². The maximum Gasteiger partial charge on any atom is 0.306 e. The molecule has 2 aromatic carbocycles. The van der Waals surface area contributed by atoms with Crippen molar-refractivity contribution in [1.82, 2.24) is 4.90 Å². The van der Waals surface area contributed by atoms with Crippen molar-refractivity contribution in [1.29, 1.82) is 0 Å². The Bertz CT molecular complexity index is 979. The van der Waals surface area contributed by atoms with Gasteiger partial charge < -0.3 is 14.7 Å². The van der Waals surface area contributed by atoms with E-state index in [1.165, 1.54) is 19.3 Å². The zero-order chi connectivity index (χ0) is 23.4. The maximum atomic E-state index is 13.1. The Kier molecular flexibility index (Phi) is 7.82. The van der Waals surface area contributed by atoms with E-state index in [9.17, 15) is 9.59 Å². The Hall–Kier alpha value is -2.24. The molecule has 5 nitrogen and oxygen atoms in total. The van der Waals surface area contributed by atoms with Crippen LogP contribution in [0.25, 0.3) is 11.1 Å². The van der Waals surface area contributed by atoms with Gasteiger partial charge in [0.2, 0.25) is 5.91 Å². The molecule has 1 aliphatic heterocycles. The third-order valence-corrected chi connectivity index (χ3v) is 7.40. The normalized spacial score (nSPS) is 19.2. The summed E-state index contributed by atoms with van der Waals surface area (Å²) >= 11 is 13.3. The minimum Gasteiger partial charge on any atom is -0.493 e. The number of nitrogens with zero attached hydrogens (tertiary/aromatic N) is 1. The average molecular weight is 490 g/mol. The molecule has 1 atom stereocenters. The number of rotatable bonds is 8. The van der Waals surface area contributed by atoms with Crippen LogP contribution >= 0.6 is 23.2 Å². The molecule has 1 unspecified atom stereocenters. The van der Waals surface area contributed by atoms with Gasteiger partial charge in [0.15, 0.2) is 0 Å². The predicted octanol–water partition coefficient (Wildman–Crippen LogP) is 6.24. The quantitative estimate of drug-likeness (QED) is 0.476. The number of hydrogen-bond donors (Lipinski definition) is 1. The lowest BCUT2D eigenvalue weighted by atomic mass is 9.93. The first-order chi connectivity index (χ1) is 15.9. The molecule has 0 radical (unpaired) electrons. The van der Waals surface area contributed by atoms with Crippen molar-refractivity contribution >= 4 is 35.1 Å². The van der Waals surface area contributed by atoms with Crippen LogP contribution in [0.3, 0.4) is 0 Å². The molecule has 2 aromatic rings. The van der Waals surface area contributed by atoms with E-state index < -0.39 is 5.97 Å². The fourth-order valence-electron chi connectivity index (χ4n) is 4.92. The smallest absolute Gasteiger partial charge is 0.306 e. The molecule has 4 rings (SSSR count). The lowest BCUT2D eigenvalue weighted by Gasteiger charge is -2.31. The van der Waals surface area contributed by atoms with E-state index in [1.807, 2.05) is 24.3 Å². The van der Waals surface area contributed by atoms with Gasteiger partial charge in [0.1, 0.15) is 5.75 Å². The number of carboxylic acid groups (broad SMARTS) is 1. The van der Waals surface area contributed by atoms with Gasteiger partial charge in [0, 0.05) is 28.5 Å². The molecule has 1 saturated heterocycles. The van der Waals surface area contributed by atoms with Gasteiger partial charge in [-0.05, 0) is 66.6 Å². The monoisotopic (exact) mass is 489 g/mol. The van der Waals surface area contributed by atoms with Gasteiger partial charge in [-0.3, -0.25) is 9.59 Å². The van der Waals surface area contributed by atoms with E-state index in [0.29, 0.717) is 28.3 Å². The molecule has 1 N–H and O–H groups in total. The predicted molar refractivity (Wildman–Crippen MR) is 130 cm³/mol. The van der Waals surface area contributed by atoms with Gasteiger partial charge in [-0.15, -0.1) is 0 Å². The molecule has 1 heterocycles. The van der Waals surface area contributed by atoms with Gasteiger partial charge in [-0.25, -0.2) is 0 Å². The number of benzene rings is 2. The van der Waals surface area contributed by atoms with E-state index >= 15 is 0 Å². The highest BCUT2D eigenvalue weighted by Crippen LogP contribution is 2.37. The third kappa shape index (κ3) is 5.82. The van der Waals surface area contributed by atoms with Crippen LogP contribution in [0.5, 0.6) is 5.75 Å². The molecule has 2 aliphatic rings. The largest absolute Gasteiger partial charge is 0.493 e. The SMILES string of the molecule is O=C(O)CCOc1ccc(-c2cc(Cl)c(CC3CCN(C4CCCCC4)C3=O)c(Cl)c2)cc1. The molecule has 7 heteroatoms. The van der Waals surface area contributed by atoms with Crippen LogP contribution < -0.4 is 4.74 Å². The number of carbonyl (C=O) groups excluding carboxylic acids is 1. The Morgan fingerprint density at radius 1 is 1.00 bits per heavy atom. The summed E-state index contributed by atoms with van der Waals surface area (Å²) in [5, 5.41) is 9.85. The fourth-order valence-corrected chi connectivity index (χ4v) is 5.56. The summed E-state index contributed by atoms with van der Waals surface area (Å²) in [6, 6.07) is 11.6. The number of likely N-dealkylation sites (tertiary alicyclic amines) is 1. The minimum atomic E-state index is -0.892. The van der Waals surface area contributed by atoms with Crippen molar-refractivity contribution in [2.75, 3.05) is 13.2 Å². The lowest BCUT2D eigenvalue weighted by molar-refractivity contribution is -0.137. The summed E-state index contributed by atoms with van der Waals surface area (Å²) in [5.41, 5.74) is 2.64. The molecule has 1 aliphatic carbocycles. The van der Waals surface area contributed by atoms with Crippen LogP contribution in [0.2, 0.25) is 10.0 Å². The highest BCUT2D eigenvalue weighted by molar-refractivity contribution is 6.36. The van der Waals surface area contributed by atoms with Crippen molar-refractivity contribution in [2.45, 2.75) is 57.4 Å². The van der Waals surface area contributed by atoms with Gasteiger partial charge >= 0.3 is 5.97 Å². The van der Waals surface area contributed by atoms with Gasteiger partial charge in [0.05, 0.1) is 13.0 Å². The van der Waals surface area contributed by atoms with Gasteiger partial charge in [-0.2, -0.15) is 0 Å². The second-order valence-corrected chi connectivity index (χ2v) is 9.76. The second kappa shape index (κ2) is 10.8. The van der Waals surface area contributed by atoms with Crippen molar-refractivity contribution in [3.05, 3.63) is 52.0 Å². The lowest BCUT2D eigenvalue weighted by Crippen LogP contribution is -2.39. The molecule has 1 saturated carbocycles. The molecular formula is C26H29Cl2NO4. The molecule has 2 fully saturated rings. The van der Waals surface area contributed by atoms with Crippen LogP contribution in [-0.2, 0) is 16.0 Å². The van der Waals surface area contributed by atoms with E-state index in [0.717, 1.165) is 42.5 Å². The number of carbonyl (C=O) groups is 2. The molecule has 176 valence electrons. The number of ether oxygens (including phenoxy) is 1. The number of carboxylic acids is 1. The zero-order valence-electron chi connectivity index (χ0n) is 18.6. The van der Waals surface area contributed by atoms with Gasteiger partial charge in [-0.1, -0.05) is 54.6 Å². The van der Waals surface area contributed by atoms with E-state index in [-0.39, 0.29) is 24.9 Å². The third-order valence-electron chi connectivity index (χ3n) is 6.73. The van der Waals surface area contributed by atoms with Crippen LogP contribution in [-0.4, -0.2) is 41.1 Å². The van der Waals surface area contributed by atoms with Crippen molar-refractivity contribution < 1.29 is 19.4 Å². The van der Waals surface area contributed by atoms with Crippen LogP contribution in [0.1, 0.15) is 50.5 Å². The molecule has 0 bridgehead atoms. The number of aliphatic carboxylic acids is 1. The molecule has 0 spiro atoms. The Morgan fingerprint density at radius 3 is 2.30 bits per heavy atom. The standard InChI is InChI=1S/C26H29Cl2NO4/c27-23-15-19(17-6-8-21(9-7-17)33-13-11-25(30)31)16-24(28)22(23)14-18-10-12-29(26(18)32)20-4-2-1-3-5-20/h6-9,15-16,18,20H,1-5,10-14H2,(H,30,31). The minimum absolute atomic E-state index is 0.0453. The van der Waals surface area contributed by atoms with Crippen LogP contribution in [0.15, 0.2) is 36.4 Å². The summed E-state index contributed by atoms with van der Waals surface area (Å²) < 4.78 is 5.44. The van der Waals surface area contributed by atoms with Gasteiger partial charge in [0.25, 0.3) is 0 Å². The molecule has 0 aromatic heterocycles. The van der Waals surface area contributed by atoms with Crippen LogP contribution in [0.4, 0.5) is 0 Å². The fraction of sp³-hybridized carbons (Fsp3) is 0.462. The van der Waals surface area contributed by atoms with Crippen molar-refractivity contribution in [2.24, 2.45) is 5.92 Å². The topological polar surface area (TPSA) is 66.8 Å². The highest BCUT2D eigenvalue weighted by atomic mass is 35.5. The summed E-state index contributed by atoms with van der Waals surface area (Å²) in [7, 11) is 0. The first-order valence-electron chi connectivity index (χ1n) is 11.7. The number of amides is 1. The molecule has 1 amide bonds. The summed E-state index contributed by atoms with van der Waals surface area (Å²) in [5.74, 6) is -0.0975. The first kappa shape index (κ1) is 23.9. The van der Waals surface area contributed by atoms with E-state index in [4.69, 9.17) is 33.0 Å². The Balaban J connectivity index is 1.42. The summed E-state index contributed by atoms with van der Waals surface area (Å²) in [6.07, 6.45) is 7.33. The Labute approximate surface area is 204 Å². The number of hydrogen-bond acceptors (Lipinski definition) is 3. The maximum absolute atomic E-state index is 13.1. The molecular weight excluding hydrogens is 461 g/mol. The first-order valence-corrected chi connectivity index (χ1v) is 12.4. The van der Waals surface area contributed by atoms with Crippen molar-refractivity contribution in [3.63, 3.8) is 0 Å². The van der Waals surface area contributed by atoms with E-state index in [1.54, 1.807) is 12.1 Å². The van der Waals surface area contributed by atoms with E-state index in [2.05, 4.69) is 4.90 Å². The molecule has 33 heavy (non-hydrogen) atoms.